The average molecular weight is 438 g/mol. The lowest BCUT2D eigenvalue weighted by Gasteiger charge is -2.15. The summed E-state index contributed by atoms with van der Waals surface area (Å²) < 4.78 is 11.6. The lowest BCUT2D eigenvalue weighted by molar-refractivity contribution is 0.0998. The van der Waals surface area contributed by atoms with Crippen molar-refractivity contribution < 1.29 is 14.1 Å². The molecule has 0 saturated carbocycles. The number of benzene rings is 2. The van der Waals surface area contributed by atoms with Gasteiger partial charge in [0.2, 0.25) is 5.95 Å². The SMILES string of the molecule is NC(=O)c1cnc(Nc2ccc(Oc3ccon3)cc2)n(Cc2ccc(Cl)cc2)c1=O. The molecule has 0 bridgehead atoms. The number of anilines is 2. The Labute approximate surface area is 181 Å². The number of hydrogen-bond acceptors (Lipinski definition) is 7. The predicted octanol–water partition coefficient (Wildman–Crippen LogP) is 3.57. The van der Waals surface area contributed by atoms with Crippen LogP contribution in [0, 0.1) is 0 Å². The first-order valence-electron chi connectivity index (χ1n) is 9.09. The van der Waals surface area contributed by atoms with Crippen LogP contribution >= 0.6 is 11.6 Å². The summed E-state index contributed by atoms with van der Waals surface area (Å²) in [5.74, 6) is 0.287. The number of nitrogens with two attached hydrogens (primary N) is 1. The van der Waals surface area contributed by atoms with Crippen molar-refractivity contribution in [3.05, 3.63) is 93.6 Å². The molecule has 156 valence electrons. The number of ether oxygens (including phenoxy) is 1. The van der Waals surface area contributed by atoms with Crippen molar-refractivity contribution in [2.75, 3.05) is 5.32 Å². The highest BCUT2D eigenvalue weighted by Gasteiger charge is 2.15. The molecule has 4 aromatic rings. The van der Waals surface area contributed by atoms with Gasteiger partial charge < -0.3 is 20.3 Å². The summed E-state index contributed by atoms with van der Waals surface area (Å²) in [6.07, 6.45) is 2.57. The Morgan fingerprint density at radius 2 is 1.87 bits per heavy atom. The van der Waals surface area contributed by atoms with E-state index < -0.39 is 11.5 Å². The van der Waals surface area contributed by atoms with Gasteiger partial charge in [-0.2, -0.15) is 0 Å². The van der Waals surface area contributed by atoms with Gasteiger partial charge in [0.05, 0.1) is 6.54 Å². The van der Waals surface area contributed by atoms with Crippen LogP contribution in [0.25, 0.3) is 0 Å². The second-order valence-electron chi connectivity index (χ2n) is 6.47. The summed E-state index contributed by atoms with van der Waals surface area (Å²) in [5.41, 5.74) is 6.02. The predicted molar refractivity (Wildman–Crippen MR) is 114 cm³/mol. The van der Waals surface area contributed by atoms with E-state index in [9.17, 15) is 9.59 Å². The number of amides is 1. The van der Waals surface area contributed by atoms with Crippen LogP contribution in [0.3, 0.4) is 0 Å². The molecule has 0 aliphatic rings. The van der Waals surface area contributed by atoms with Crippen molar-refractivity contribution >= 4 is 29.1 Å². The summed E-state index contributed by atoms with van der Waals surface area (Å²) in [5, 5.41) is 7.34. The second-order valence-corrected chi connectivity index (χ2v) is 6.90. The highest BCUT2D eigenvalue weighted by Crippen LogP contribution is 2.23. The molecule has 0 fully saturated rings. The van der Waals surface area contributed by atoms with Gasteiger partial charge in [-0.05, 0) is 47.1 Å². The fourth-order valence-corrected chi connectivity index (χ4v) is 2.92. The van der Waals surface area contributed by atoms with Crippen LogP contribution in [0.15, 0.2) is 76.4 Å². The number of rotatable bonds is 7. The molecule has 2 aromatic carbocycles. The maximum Gasteiger partial charge on any atom is 0.268 e. The molecule has 0 saturated heterocycles. The molecule has 9 nitrogen and oxygen atoms in total. The first-order valence-corrected chi connectivity index (χ1v) is 9.47. The van der Waals surface area contributed by atoms with Crippen LogP contribution in [-0.4, -0.2) is 20.6 Å². The number of nitrogens with one attached hydrogen (secondary N) is 1. The first-order chi connectivity index (χ1) is 15.0. The van der Waals surface area contributed by atoms with Crippen LogP contribution in [0.5, 0.6) is 11.6 Å². The summed E-state index contributed by atoms with van der Waals surface area (Å²) in [7, 11) is 0. The summed E-state index contributed by atoms with van der Waals surface area (Å²) in [6, 6.07) is 15.5. The van der Waals surface area contributed by atoms with E-state index in [1.54, 1.807) is 54.6 Å². The number of hydrogen-bond donors (Lipinski definition) is 2. The molecular weight excluding hydrogens is 422 g/mol. The minimum atomic E-state index is -0.844. The van der Waals surface area contributed by atoms with E-state index in [-0.39, 0.29) is 18.1 Å². The van der Waals surface area contributed by atoms with Crippen molar-refractivity contribution in [2.45, 2.75) is 6.54 Å². The van der Waals surface area contributed by atoms with Gasteiger partial charge in [-0.25, -0.2) is 4.98 Å². The van der Waals surface area contributed by atoms with Gasteiger partial charge in [-0.15, -0.1) is 0 Å². The van der Waals surface area contributed by atoms with Crippen molar-refractivity contribution in [1.82, 2.24) is 14.7 Å². The van der Waals surface area contributed by atoms with Crippen molar-refractivity contribution in [1.29, 1.82) is 0 Å². The standard InChI is InChI=1S/C21H16ClN5O4/c22-14-3-1-13(2-4-14)12-27-20(29)17(19(23)28)11-24-21(27)25-15-5-7-16(8-6-15)31-18-9-10-30-26-18/h1-11H,12H2,(H2,23,28)(H,24,25). The Hall–Kier alpha value is -4.11. The number of aromatic nitrogens is 3. The van der Waals surface area contributed by atoms with Crippen molar-refractivity contribution in [3.8, 4) is 11.6 Å². The Bertz CT molecular complexity index is 1250. The van der Waals surface area contributed by atoms with E-state index in [0.717, 1.165) is 11.8 Å². The maximum absolute atomic E-state index is 12.8. The molecule has 0 unspecified atom stereocenters. The third-order valence-corrected chi connectivity index (χ3v) is 4.57. The van der Waals surface area contributed by atoms with E-state index >= 15 is 0 Å². The fraction of sp³-hybridized carbons (Fsp3) is 0.0476. The third kappa shape index (κ3) is 4.73. The molecule has 3 N–H and O–H groups in total. The summed E-state index contributed by atoms with van der Waals surface area (Å²) >= 11 is 5.93. The number of halogens is 1. The maximum atomic E-state index is 12.8. The molecule has 0 radical (unpaired) electrons. The smallest absolute Gasteiger partial charge is 0.268 e. The largest absolute Gasteiger partial charge is 0.436 e. The minimum Gasteiger partial charge on any atom is -0.436 e. The molecule has 0 aliphatic carbocycles. The van der Waals surface area contributed by atoms with Crippen LogP contribution in [-0.2, 0) is 6.54 Å². The lowest BCUT2D eigenvalue weighted by atomic mass is 10.2. The molecule has 1 amide bonds. The van der Waals surface area contributed by atoms with Crippen LogP contribution in [0.2, 0.25) is 5.02 Å². The molecule has 0 atom stereocenters. The molecule has 0 aliphatic heterocycles. The molecular formula is C21H16ClN5O4. The first kappa shape index (κ1) is 20.2. The van der Waals surface area contributed by atoms with E-state index in [4.69, 9.17) is 26.6 Å². The summed E-state index contributed by atoms with van der Waals surface area (Å²) in [6.45, 7) is 0.166. The highest BCUT2D eigenvalue weighted by molar-refractivity contribution is 6.30. The minimum absolute atomic E-state index is 0.166. The Balaban J connectivity index is 1.62. The number of carbonyl (C=O) groups is 1. The summed E-state index contributed by atoms with van der Waals surface area (Å²) in [4.78, 5) is 28.7. The van der Waals surface area contributed by atoms with Gasteiger partial charge in [0, 0.05) is 23.0 Å². The highest BCUT2D eigenvalue weighted by atomic mass is 35.5. The van der Waals surface area contributed by atoms with Gasteiger partial charge in [-0.1, -0.05) is 23.7 Å². The number of carbonyl (C=O) groups excluding carboxylic acids is 1. The molecule has 0 spiro atoms. The van der Waals surface area contributed by atoms with Crippen LogP contribution < -0.4 is 21.3 Å². The second kappa shape index (κ2) is 8.72. The molecule has 4 rings (SSSR count). The zero-order chi connectivity index (χ0) is 21.8. The van der Waals surface area contributed by atoms with Crippen molar-refractivity contribution in [3.63, 3.8) is 0 Å². The molecule has 2 heterocycles. The van der Waals surface area contributed by atoms with Crippen LogP contribution in [0.4, 0.5) is 11.6 Å². The van der Waals surface area contributed by atoms with Gasteiger partial charge >= 0.3 is 0 Å². The topological polar surface area (TPSA) is 125 Å². The zero-order valence-electron chi connectivity index (χ0n) is 16.0. The van der Waals surface area contributed by atoms with E-state index in [0.29, 0.717) is 22.3 Å². The Kier molecular flexibility index (Phi) is 5.67. The monoisotopic (exact) mass is 437 g/mol. The van der Waals surface area contributed by atoms with Gasteiger partial charge in [0.25, 0.3) is 17.3 Å². The van der Waals surface area contributed by atoms with E-state index in [1.165, 1.54) is 10.8 Å². The normalized spacial score (nSPS) is 10.6. The van der Waals surface area contributed by atoms with Crippen molar-refractivity contribution in [2.24, 2.45) is 5.73 Å². The van der Waals surface area contributed by atoms with Crippen LogP contribution in [0.1, 0.15) is 15.9 Å². The zero-order valence-corrected chi connectivity index (χ0v) is 16.7. The quantitative estimate of drug-likeness (QED) is 0.452. The third-order valence-electron chi connectivity index (χ3n) is 4.31. The lowest BCUT2D eigenvalue weighted by Crippen LogP contribution is -2.32. The fourth-order valence-electron chi connectivity index (χ4n) is 2.79. The Morgan fingerprint density at radius 3 is 2.52 bits per heavy atom. The van der Waals surface area contributed by atoms with Gasteiger partial charge in [0.15, 0.2) is 0 Å². The molecule has 31 heavy (non-hydrogen) atoms. The molecule has 10 heteroatoms. The number of nitrogens with zero attached hydrogens (tertiary/aromatic N) is 3. The van der Waals surface area contributed by atoms with Gasteiger partial charge in [0.1, 0.15) is 17.6 Å². The van der Waals surface area contributed by atoms with E-state index in [2.05, 4.69) is 15.5 Å². The van der Waals surface area contributed by atoms with E-state index in [1.807, 2.05) is 0 Å². The average Bonchev–Trinajstić information content (AvgIpc) is 3.26. The molecule has 2 aromatic heterocycles. The number of primary amides is 1. The Morgan fingerprint density at radius 1 is 1.13 bits per heavy atom. The van der Waals surface area contributed by atoms with Gasteiger partial charge in [-0.3, -0.25) is 14.2 Å².